The van der Waals surface area contributed by atoms with Gasteiger partial charge in [-0.15, -0.1) is 0 Å². The number of sulfonamides is 1. The maximum Gasteiger partial charge on any atom is 0.241 e. The third-order valence-corrected chi connectivity index (χ3v) is 6.06. The molecule has 118 valence electrons. The average Bonchev–Trinajstić information content (AvgIpc) is 2.58. The van der Waals surface area contributed by atoms with Crippen LogP contribution in [-0.2, 0) is 10.0 Å². The SMILES string of the molecule is Cc1cc(N)c(C)c(S(=O)(=O)NC2CCCC(C)CC2)c1. The van der Waals surface area contributed by atoms with E-state index in [0.717, 1.165) is 31.2 Å². The molecule has 1 aromatic rings. The van der Waals surface area contributed by atoms with Crippen LogP contribution in [0.2, 0.25) is 0 Å². The monoisotopic (exact) mass is 310 g/mol. The highest BCUT2D eigenvalue weighted by molar-refractivity contribution is 7.89. The molecule has 5 heteroatoms. The van der Waals surface area contributed by atoms with E-state index in [-0.39, 0.29) is 6.04 Å². The molecule has 0 bridgehead atoms. The van der Waals surface area contributed by atoms with Crippen molar-refractivity contribution in [3.05, 3.63) is 23.3 Å². The maximum absolute atomic E-state index is 12.7. The quantitative estimate of drug-likeness (QED) is 0.665. The smallest absolute Gasteiger partial charge is 0.241 e. The normalized spacial score (nSPS) is 23.8. The van der Waals surface area contributed by atoms with Crippen molar-refractivity contribution in [1.82, 2.24) is 4.72 Å². The minimum atomic E-state index is -3.50. The van der Waals surface area contributed by atoms with Crippen LogP contribution >= 0.6 is 0 Å². The van der Waals surface area contributed by atoms with Crippen LogP contribution in [0, 0.1) is 19.8 Å². The number of rotatable bonds is 3. The van der Waals surface area contributed by atoms with Gasteiger partial charge in [-0.05, 0) is 62.3 Å². The highest BCUT2D eigenvalue weighted by Gasteiger charge is 2.24. The Hall–Kier alpha value is -1.07. The average molecular weight is 310 g/mol. The predicted octanol–water partition coefficient (Wildman–Crippen LogP) is 3.13. The molecule has 2 unspecified atom stereocenters. The zero-order chi connectivity index (χ0) is 15.6. The summed E-state index contributed by atoms with van der Waals surface area (Å²) >= 11 is 0. The van der Waals surface area contributed by atoms with Crippen LogP contribution in [0.4, 0.5) is 5.69 Å². The van der Waals surface area contributed by atoms with E-state index in [9.17, 15) is 8.42 Å². The molecular formula is C16H26N2O2S. The summed E-state index contributed by atoms with van der Waals surface area (Å²) in [5.74, 6) is 0.691. The molecule has 0 amide bonds. The van der Waals surface area contributed by atoms with E-state index in [1.165, 1.54) is 6.42 Å². The first-order valence-electron chi connectivity index (χ1n) is 7.68. The second-order valence-electron chi connectivity index (χ2n) is 6.41. The molecule has 4 nitrogen and oxygen atoms in total. The zero-order valence-corrected chi connectivity index (χ0v) is 14.0. The van der Waals surface area contributed by atoms with Gasteiger partial charge >= 0.3 is 0 Å². The van der Waals surface area contributed by atoms with Crippen molar-refractivity contribution in [2.24, 2.45) is 5.92 Å². The minimum absolute atomic E-state index is 0.0427. The van der Waals surface area contributed by atoms with Gasteiger partial charge in [0, 0.05) is 11.7 Å². The second kappa shape index (κ2) is 6.36. The number of benzene rings is 1. The van der Waals surface area contributed by atoms with E-state index in [4.69, 9.17) is 5.73 Å². The van der Waals surface area contributed by atoms with Gasteiger partial charge in [0.15, 0.2) is 0 Å². The summed E-state index contributed by atoms with van der Waals surface area (Å²) in [4.78, 5) is 0.317. The first kappa shape index (κ1) is 16.3. The fourth-order valence-corrected chi connectivity index (χ4v) is 4.68. The van der Waals surface area contributed by atoms with Crippen molar-refractivity contribution in [3.8, 4) is 0 Å². The van der Waals surface area contributed by atoms with Crippen molar-refractivity contribution in [1.29, 1.82) is 0 Å². The number of hydrogen-bond donors (Lipinski definition) is 2. The highest BCUT2D eigenvalue weighted by atomic mass is 32.2. The van der Waals surface area contributed by atoms with Crippen LogP contribution in [-0.4, -0.2) is 14.5 Å². The van der Waals surface area contributed by atoms with Gasteiger partial charge in [0.1, 0.15) is 0 Å². The van der Waals surface area contributed by atoms with Crippen molar-refractivity contribution in [2.75, 3.05) is 5.73 Å². The van der Waals surface area contributed by atoms with Gasteiger partial charge in [0.25, 0.3) is 0 Å². The molecule has 0 heterocycles. The summed E-state index contributed by atoms with van der Waals surface area (Å²) in [6.45, 7) is 5.86. The second-order valence-corrected chi connectivity index (χ2v) is 8.09. The molecule has 1 aliphatic carbocycles. The molecule has 21 heavy (non-hydrogen) atoms. The third-order valence-electron chi connectivity index (χ3n) is 4.41. The lowest BCUT2D eigenvalue weighted by atomic mass is 10.0. The Bertz CT molecular complexity index is 611. The van der Waals surface area contributed by atoms with E-state index >= 15 is 0 Å². The summed E-state index contributed by atoms with van der Waals surface area (Å²) in [6, 6.07) is 3.55. The van der Waals surface area contributed by atoms with E-state index < -0.39 is 10.0 Å². The highest BCUT2D eigenvalue weighted by Crippen LogP contribution is 2.26. The first-order valence-corrected chi connectivity index (χ1v) is 9.17. The Labute approximate surface area is 128 Å². The predicted molar refractivity (Wildman–Crippen MR) is 86.7 cm³/mol. The topological polar surface area (TPSA) is 72.2 Å². The Morgan fingerprint density at radius 1 is 1.14 bits per heavy atom. The van der Waals surface area contributed by atoms with Crippen LogP contribution in [0.3, 0.4) is 0 Å². The molecule has 3 N–H and O–H groups in total. The lowest BCUT2D eigenvalue weighted by Gasteiger charge is -2.18. The molecule has 0 radical (unpaired) electrons. The van der Waals surface area contributed by atoms with Crippen LogP contribution in [0.25, 0.3) is 0 Å². The summed E-state index contributed by atoms with van der Waals surface area (Å²) in [7, 11) is -3.50. The molecule has 1 aromatic carbocycles. The van der Waals surface area contributed by atoms with Crippen molar-refractivity contribution in [3.63, 3.8) is 0 Å². The molecular weight excluding hydrogens is 284 g/mol. The van der Waals surface area contributed by atoms with Crippen LogP contribution in [0.5, 0.6) is 0 Å². The standard InChI is InChI=1S/C16H26N2O2S/c1-11-5-4-6-14(8-7-11)18-21(19,20)16-10-12(2)9-15(17)13(16)3/h9-11,14,18H,4-8,17H2,1-3H3. The number of nitrogens with two attached hydrogens (primary N) is 1. The number of nitrogen functional groups attached to an aromatic ring is 1. The van der Waals surface area contributed by atoms with Crippen molar-refractivity contribution in [2.45, 2.75) is 63.8 Å². The Morgan fingerprint density at radius 2 is 1.86 bits per heavy atom. The summed E-state index contributed by atoms with van der Waals surface area (Å²) in [6.07, 6.45) is 5.20. The fraction of sp³-hybridized carbons (Fsp3) is 0.625. The van der Waals surface area contributed by atoms with Crippen LogP contribution < -0.4 is 10.5 Å². The van der Waals surface area contributed by atoms with Crippen LogP contribution in [0.1, 0.15) is 50.2 Å². The Morgan fingerprint density at radius 3 is 2.57 bits per heavy atom. The molecule has 0 aliphatic heterocycles. The van der Waals surface area contributed by atoms with Gasteiger partial charge < -0.3 is 5.73 Å². The first-order chi connectivity index (χ1) is 9.79. The van der Waals surface area contributed by atoms with Gasteiger partial charge in [-0.25, -0.2) is 13.1 Å². The lowest BCUT2D eigenvalue weighted by Crippen LogP contribution is -2.35. The summed E-state index contributed by atoms with van der Waals surface area (Å²) in [5.41, 5.74) is 7.94. The Kier molecular flexibility index (Phi) is 4.94. The van der Waals surface area contributed by atoms with Gasteiger partial charge in [-0.1, -0.05) is 19.8 Å². The summed E-state index contributed by atoms with van der Waals surface area (Å²) < 4.78 is 28.2. The van der Waals surface area contributed by atoms with E-state index in [1.54, 1.807) is 13.0 Å². The molecule has 1 aliphatic rings. The van der Waals surface area contributed by atoms with Gasteiger partial charge in [0.2, 0.25) is 10.0 Å². The van der Waals surface area contributed by atoms with E-state index in [1.807, 2.05) is 13.0 Å². The zero-order valence-electron chi connectivity index (χ0n) is 13.1. The molecule has 2 atom stereocenters. The Balaban J connectivity index is 2.22. The van der Waals surface area contributed by atoms with Gasteiger partial charge in [0.05, 0.1) is 4.90 Å². The number of hydrogen-bond acceptors (Lipinski definition) is 3. The minimum Gasteiger partial charge on any atom is -0.398 e. The van der Waals surface area contributed by atoms with Crippen molar-refractivity contribution >= 4 is 15.7 Å². The maximum atomic E-state index is 12.7. The number of aryl methyl sites for hydroxylation is 1. The number of anilines is 1. The van der Waals surface area contributed by atoms with Gasteiger partial charge in [-0.2, -0.15) is 0 Å². The molecule has 1 saturated carbocycles. The van der Waals surface area contributed by atoms with Gasteiger partial charge in [-0.3, -0.25) is 0 Å². The van der Waals surface area contributed by atoms with Crippen LogP contribution in [0.15, 0.2) is 17.0 Å². The van der Waals surface area contributed by atoms with Crippen molar-refractivity contribution < 1.29 is 8.42 Å². The van der Waals surface area contributed by atoms with E-state index in [2.05, 4.69) is 11.6 Å². The lowest BCUT2D eigenvalue weighted by molar-refractivity contribution is 0.484. The largest absolute Gasteiger partial charge is 0.398 e. The molecule has 1 fully saturated rings. The number of nitrogens with one attached hydrogen (secondary N) is 1. The molecule has 0 aromatic heterocycles. The van der Waals surface area contributed by atoms with E-state index in [0.29, 0.717) is 22.1 Å². The summed E-state index contributed by atoms with van der Waals surface area (Å²) in [5, 5.41) is 0. The molecule has 2 rings (SSSR count). The fourth-order valence-electron chi connectivity index (χ4n) is 3.02. The molecule has 0 saturated heterocycles. The third kappa shape index (κ3) is 3.98. The molecule has 0 spiro atoms.